The summed E-state index contributed by atoms with van der Waals surface area (Å²) in [6.45, 7) is 6.36. The molecule has 2 aromatic rings. The van der Waals surface area contributed by atoms with E-state index in [4.69, 9.17) is 4.42 Å². The minimum Gasteiger partial charge on any atom is -0.503 e. The van der Waals surface area contributed by atoms with Crippen LogP contribution in [0.1, 0.15) is 43.7 Å². The van der Waals surface area contributed by atoms with Crippen LogP contribution < -0.4 is 0 Å². The molecule has 0 bridgehead atoms. The van der Waals surface area contributed by atoms with Crippen LogP contribution in [0.3, 0.4) is 0 Å². The summed E-state index contributed by atoms with van der Waals surface area (Å²) in [5, 5.41) is 10.3. The molecule has 1 aromatic heterocycles. The molecule has 5 heteroatoms. The number of hydrogen-bond donors (Lipinski definition) is 1. The van der Waals surface area contributed by atoms with Crippen LogP contribution in [0.2, 0.25) is 0 Å². The molecule has 1 N–H and O–H groups in total. The molecule has 27 heavy (non-hydrogen) atoms. The lowest BCUT2D eigenvalue weighted by Crippen LogP contribution is -2.26. The van der Waals surface area contributed by atoms with Gasteiger partial charge in [0.25, 0.3) is 5.91 Å². The number of carbonyl (C=O) groups excluding carboxylic acids is 2. The van der Waals surface area contributed by atoms with Crippen LogP contribution in [-0.2, 0) is 15.0 Å². The highest BCUT2D eigenvalue weighted by Gasteiger charge is 2.40. The van der Waals surface area contributed by atoms with E-state index < -0.39 is 23.5 Å². The summed E-state index contributed by atoms with van der Waals surface area (Å²) in [7, 11) is 1.58. The Balaban J connectivity index is 1.95. The quantitative estimate of drug-likeness (QED) is 0.825. The molecule has 1 aliphatic rings. The number of likely N-dealkylation sites (N-methyl/N-ethyl adjacent to an activating group) is 1. The fourth-order valence-corrected chi connectivity index (χ4v) is 3.16. The number of aliphatic hydroxyl groups is 1. The van der Waals surface area contributed by atoms with E-state index in [0.29, 0.717) is 5.76 Å². The van der Waals surface area contributed by atoms with Gasteiger partial charge in [-0.25, -0.2) is 0 Å². The minimum absolute atomic E-state index is 0.00165. The van der Waals surface area contributed by atoms with Crippen molar-refractivity contribution in [3.63, 3.8) is 0 Å². The summed E-state index contributed by atoms with van der Waals surface area (Å²) >= 11 is 0. The van der Waals surface area contributed by atoms with Gasteiger partial charge in [0, 0.05) is 7.05 Å². The Morgan fingerprint density at radius 2 is 1.85 bits per heavy atom. The van der Waals surface area contributed by atoms with Crippen LogP contribution in [0.4, 0.5) is 0 Å². The van der Waals surface area contributed by atoms with E-state index in [0.717, 1.165) is 11.1 Å². The monoisotopic (exact) mass is 365 g/mol. The van der Waals surface area contributed by atoms with E-state index in [9.17, 15) is 14.7 Å². The molecule has 0 aliphatic carbocycles. The average molecular weight is 365 g/mol. The standard InChI is InChI=1S/C22H23NO4/c1-22(2,3)15-9-7-14(8-10-15)19-18(20(25)21(26)23(19)4)17(24)12-11-16-6-5-13-27-16/h5-13,19,25H,1-4H3/b12-11+. The molecule has 1 amide bonds. The average Bonchev–Trinajstić information content (AvgIpc) is 3.22. The minimum atomic E-state index is -0.625. The van der Waals surface area contributed by atoms with Crippen LogP contribution in [0.5, 0.6) is 0 Å². The van der Waals surface area contributed by atoms with Gasteiger partial charge in [0.15, 0.2) is 11.5 Å². The summed E-state index contributed by atoms with van der Waals surface area (Å²) in [5.74, 6) is -0.968. The summed E-state index contributed by atoms with van der Waals surface area (Å²) in [6, 6.07) is 10.6. The van der Waals surface area contributed by atoms with Crippen molar-refractivity contribution in [1.82, 2.24) is 4.90 Å². The highest BCUT2D eigenvalue weighted by molar-refractivity contribution is 6.14. The smallest absolute Gasteiger partial charge is 0.289 e. The molecule has 2 heterocycles. The lowest BCUT2D eigenvalue weighted by Gasteiger charge is -2.24. The Morgan fingerprint density at radius 3 is 2.41 bits per heavy atom. The first-order valence-corrected chi connectivity index (χ1v) is 8.77. The molecule has 0 radical (unpaired) electrons. The molecule has 3 rings (SSSR count). The second kappa shape index (κ2) is 6.91. The van der Waals surface area contributed by atoms with E-state index in [1.807, 2.05) is 24.3 Å². The van der Waals surface area contributed by atoms with Crippen LogP contribution >= 0.6 is 0 Å². The highest BCUT2D eigenvalue weighted by Crippen LogP contribution is 2.37. The molecule has 1 unspecified atom stereocenters. The van der Waals surface area contributed by atoms with Crippen molar-refractivity contribution in [3.05, 3.63) is 77.0 Å². The molecule has 1 atom stereocenters. The van der Waals surface area contributed by atoms with Gasteiger partial charge in [0.1, 0.15) is 5.76 Å². The Morgan fingerprint density at radius 1 is 1.19 bits per heavy atom. The molecule has 0 saturated carbocycles. The molecular formula is C22H23NO4. The van der Waals surface area contributed by atoms with E-state index in [-0.39, 0.29) is 11.0 Å². The maximum absolute atomic E-state index is 12.7. The van der Waals surface area contributed by atoms with E-state index >= 15 is 0 Å². The zero-order valence-corrected chi connectivity index (χ0v) is 15.9. The number of nitrogens with zero attached hydrogens (tertiary/aromatic N) is 1. The summed E-state index contributed by atoms with van der Waals surface area (Å²) in [6.07, 6.45) is 4.34. The van der Waals surface area contributed by atoms with Crippen molar-refractivity contribution < 1.29 is 19.1 Å². The van der Waals surface area contributed by atoms with Crippen molar-refractivity contribution in [2.45, 2.75) is 32.2 Å². The lowest BCUT2D eigenvalue weighted by atomic mass is 9.85. The van der Waals surface area contributed by atoms with Crippen LogP contribution in [0.15, 0.2) is 64.5 Å². The maximum atomic E-state index is 12.7. The number of furan rings is 1. The van der Waals surface area contributed by atoms with Gasteiger partial charge < -0.3 is 14.4 Å². The second-order valence-electron chi connectivity index (χ2n) is 7.67. The van der Waals surface area contributed by atoms with Gasteiger partial charge in [-0.05, 0) is 40.8 Å². The number of ketones is 1. The third kappa shape index (κ3) is 3.58. The van der Waals surface area contributed by atoms with Crippen molar-refractivity contribution >= 4 is 17.8 Å². The third-order valence-corrected chi connectivity index (χ3v) is 4.74. The van der Waals surface area contributed by atoms with Crippen molar-refractivity contribution in [2.24, 2.45) is 0 Å². The Labute approximate surface area is 158 Å². The van der Waals surface area contributed by atoms with Crippen molar-refractivity contribution in [1.29, 1.82) is 0 Å². The summed E-state index contributed by atoms with van der Waals surface area (Å²) < 4.78 is 5.18. The number of hydrogen-bond acceptors (Lipinski definition) is 4. The van der Waals surface area contributed by atoms with Gasteiger partial charge >= 0.3 is 0 Å². The van der Waals surface area contributed by atoms with E-state index in [1.165, 1.54) is 23.3 Å². The number of allylic oxidation sites excluding steroid dienone is 1. The largest absolute Gasteiger partial charge is 0.503 e. The number of amides is 1. The first-order valence-electron chi connectivity index (χ1n) is 8.77. The Bertz CT molecular complexity index is 912. The Hall–Kier alpha value is -3.08. The number of aliphatic hydroxyl groups excluding tert-OH is 1. The zero-order chi connectivity index (χ0) is 19.8. The number of rotatable bonds is 4. The SMILES string of the molecule is CN1C(=O)C(O)=C(C(=O)/C=C/c2ccco2)C1c1ccc(C(C)(C)C)cc1. The molecule has 1 aromatic carbocycles. The Kier molecular flexibility index (Phi) is 4.79. The van der Waals surface area contributed by atoms with Crippen LogP contribution in [-0.4, -0.2) is 28.7 Å². The lowest BCUT2D eigenvalue weighted by molar-refractivity contribution is -0.128. The predicted molar refractivity (Wildman–Crippen MR) is 103 cm³/mol. The van der Waals surface area contributed by atoms with Gasteiger partial charge in [-0.1, -0.05) is 45.0 Å². The van der Waals surface area contributed by atoms with Crippen LogP contribution in [0.25, 0.3) is 6.08 Å². The van der Waals surface area contributed by atoms with Gasteiger partial charge in [-0.2, -0.15) is 0 Å². The normalized spacial score (nSPS) is 18.0. The summed E-state index contributed by atoms with van der Waals surface area (Å²) in [4.78, 5) is 26.4. The van der Waals surface area contributed by atoms with E-state index in [2.05, 4.69) is 20.8 Å². The first kappa shape index (κ1) is 18.7. The third-order valence-electron chi connectivity index (χ3n) is 4.74. The van der Waals surface area contributed by atoms with Gasteiger partial charge in [-0.3, -0.25) is 9.59 Å². The molecule has 0 saturated heterocycles. The van der Waals surface area contributed by atoms with Gasteiger partial charge in [-0.15, -0.1) is 0 Å². The highest BCUT2D eigenvalue weighted by atomic mass is 16.3. The van der Waals surface area contributed by atoms with Gasteiger partial charge in [0.2, 0.25) is 0 Å². The van der Waals surface area contributed by atoms with Crippen molar-refractivity contribution in [3.8, 4) is 0 Å². The topological polar surface area (TPSA) is 70.8 Å². The van der Waals surface area contributed by atoms with Gasteiger partial charge in [0.05, 0.1) is 17.9 Å². The first-order chi connectivity index (χ1) is 12.7. The molecule has 0 spiro atoms. The fourth-order valence-electron chi connectivity index (χ4n) is 3.16. The maximum Gasteiger partial charge on any atom is 0.289 e. The predicted octanol–water partition coefficient (Wildman–Crippen LogP) is 4.18. The number of carbonyl (C=O) groups is 2. The zero-order valence-electron chi connectivity index (χ0n) is 15.9. The molecule has 140 valence electrons. The fraction of sp³-hybridized carbons (Fsp3) is 0.273. The second-order valence-corrected chi connectivity index (χ2v) is 7.67. The van der Waals surface area contributed by atoms with E-state index in [1.54, 1.807) is 19.2 Å². The molecular weight excluding hydrogens is 342 g/mol. The number of benzene rings is 1. The molecule has 0 fully saturated rings. The molecule has 5 nitrogen and oxygen atoms in total. The molecule has 1 aliphatic heterocycles. The van der Waals surface area contributed by atoms with Crippen LogP contribution in [0, 0.1) is 0 Å². The van der Waals surface area contributed by atoms with Crippen molar-refractivity contribution in [2.75, 3.05) is 7.05 Å². The summed E-state index contributed by atoms with van der Waals surface area (Å²) in [5.41, 5.74) is 2.00.